The first-order chi connectivity index (χ1) is 10.4. The lowest BCUT2D eigenvalue weighted by molar-refractivity contribution is -0.114. The number of sulfonamides is 1. The van der Waals surface area contributed by atoms with Crippen molar-refractivity contribution in [3.8, 4) is 0 Å². The molecule has 22 heavy (non-hydrogen) atoms. The van der Waals surface area contributed by atoms with Gasteiger partial charge in [0.25, 0.3) is 15.9 Å². The van der Waals surface area contributed by atoms with Crippen LogP contribution in [0.25, 0.3) is 5.57 Å². The lowest BCUT2D eigenvalue weighted by Gasteiger charge is -2.05. The second-order valence-corrected chi connectivity index (χ2v) is 5.98. The number of allylic oxidation sites excluding steroid dienone is 1. The van der Waals surface area contributed by atoms with Crippen molar-refractivity contribution in [2.75, 3.05) is 0 Å². The first-order valence-corrected chi connectivity index (χ1v) is 7.64. The highest BCUT2D eigenvalue weighted by Gasteiger charge is 2.18. The summed E-state index contributed by atoms with van der Waals surface area (Å²) >= 11 is 0. The Hall–Kier alpha value is -2.61. The third-order valence-electron chi connectivity index (χ3n) is 2.70. The summed E-state index contributed by atoms with van der Waals surface area (Å²) in [6.07, 6.45) is 4.67. The van der Waals surface area contributed by atoms with Gasteiger partial charge < -0.3 is 0 Å². The van der Waals surface area contributed by atoms with Crippen LogP contribution in [0.2, 0.25) is 0 Å². The van der Waals surface area contributed by atoms with Crippen molar-refractivity contribution in [2.24, 2.45) is 0 Å². The molecule has 6 nitrogen and oxygen atoms in total. The van der Waals surface area contributed by atoms with E-state index in [0.29, 0.717) is 11.1 Å². The van der Waals surface area contributed by atoms with E-state index in [2.05, 4.69) is 9.97 Å². The average Bonchev–Trinajstić information content (AvgIpc) is 2.48. The van der Waals surface area contributed by atoms with Crippen LogP contribution < -0.4 is 4.72 Å². The zero-order valence-electron chi connectivity index (χ0n) is 11.5. The zero-order chi connectivity index (χ0) is 16.2. The molecule has 0 fully saturated rings. The normalized spacial score (nSPS) is 12.0. The van der Waals surface area contributed by atoms with E-state index < -0.39 is 21.7 Å². The molecule has 0 bridgehead atoms. The Balaban J connectivity index is 2.15. The number of amides is 1. The second-order valence-electron chi connectivity index (χ2n) is 4.35. The van der Waals surface area contributed by atoms with Gasteiger partial charge in [0.2, 0.25) is 0 Å². The van der Waals surface area contributed by atoms with Crippen molar-refractivity contribution in [2.45, 2.75) is 11.9 Å². The van der Waals surface area contributed by atoms with Crippen LogP contribution in [-0.4, -0.2) is 24.3 Å². The minimum atomic E-state index is -4.07. The van der Waals surface area contributed by atoms with E-state index in [9.17, 15) is 17.6 Å². The highest BCUT2D eigenvalue weighted by Crippen LogP contribution is 2.14. The molecule has 1 aromatic heterocycles. The Kier molecular flexibility index (Phi) is 4.62. The molecule has 0 aliphatic carbocycles. The number of nitrogens with zero attached hydrogens (tertiary/aromatic N) is 2. The molecule has 8 heteroatoms. The van der Waals surface area contributed by atoms with Gasteiger partial charge in [-0.2, -0.15) is 8.42 Å². The Morgan fingerprint density at radius 3 is 2.50 bits per heavy atom. The maximum absolute atomic E-state index is 12.8. The van der Waals surface area contributed by atoms with Gasteiger partial charge in [-0.1, -0.05) is 12.1 Å². The number of nitrogens with one attached hydrogen (secondary N) is 1. The van der Waals surface area contributed by atoms with E-state index in [0.717, 1.165) is 12.3 Å². The summed E-state index contributed by atoms with van der Waals surface area (Å²) in [7, 11) is -4.07. The molecule has 0 spiro atoms. The Morgan fingerprint density at radius 2 is 1.91 bits per heavy atom. The minimum absolute atomic E-state index is 0.351. The highest BCUT2D eigenvalue weighted by molar-refractivity contribution is 7.90. The van der Waals surface area contributed by atoms with Crippen molar-refractivity contribution in [1.29, 1.82) is 0 Å². The van der Waals surface area contributed by atoms with E-state index >= 15 is 0 Å². The van der Waals surface area contributed by atoms with Crippen LogP contribution in [0.5, 0.6) is 0 Å². The van der Waals surface area contributed by atoms with Crippen LogP contribution in [0.15, 0.2) is 54.0 Å². The van der Waals surface area contributed by atoms with Crippen molar-refractivity contribution in [3.05, 3.63) is 60.3 Å². The minimum Gasteiger partial charge on any atom is -0.269 e. The molecule has 0 unspecified atom stereocenters. The predicted molar refractivity (Wildman–Crippen MR) is 77.4 cm³/mol. The number of carbonyl (C=O) groups is 1. The number of benzene rings is 1. The summed E-state index contributed by atoms with van der Waals surface area (Å²) in [4.78, 5) is 19.0. The second kappa shape index (κ2) is 6.44. The van der Waals surface area contributed by atoms with Crippen LogP contribution >= 0.6 is 0 Å². The lowest BCUT2D eigenvalue weighted by atomic mass is 10.1. The molecule has 0 aliphatic heterocycles. The summed E-state index contributed by atoms with van der Waals surface area (Å²) in [5.41, 5.74) is 1.10. The molecule has 0 aliphatic rings. The van der Waals surface area contributed by atoms with Crippen LogP contribution in [0.4, 0.5) is 4.39 Å². The first-order valence-electron chi connectivity index (χ1n) is 6.15. The van der Waals surface area contributed by atoms with Gasteiger partial charge in [0.15, 0.2) is 5.03 Å². The van der Waals surface area contributed by atoms with Gasteiger partial charge in [0.1, 0.15) is 5.82 Å². The quantitative estimate of drug-likeness (QED) is 0.863. The largest absolute Gasteiger partial charge is 0.283 e. The van der Waals surface area contributed by atoms with E-state index in [4.69, 9.17) is 0 Å². The van der Waals surface area contributed by atoms with Gasteiger partial charge in [-0.15, -0.1) is 0 Å². The third-order valence-corrected chi connectivity index (χ3v) is 3.93. The molecular formula is C14H12FN3O3S. The number of halogens is 1. The van der Waals surface area contributed by atoms with Gasteiger partial charge in [0, 0.05) is 18.5 Å². The summed E-state index contributed by atoms with van der Waals surface area (Å²) in [6.45, 7) is 1.61. The van der Waals surface area contributed by atoms with E-state index in [-0.39, 0.29) is 5.03 Å². The SMILES string of the molecule is CC(=CC(=O)NS(=O)(=O)c1cnccn1)c1ccc(F)cc1. The molecular weight excluding hydrogens is 309 g/mol. The standard InChI is InChI=1S/C14H12FN3O3S/c1-10(11-2-4-12(15)5-3-11)8-13(19)18-22(20,21)14-9-16-6-7-17-14/h2-9H,1H3,(H,18,19). The van der Waals surface area contributed by atoms with Gasteiger partial charge in [-0.3, -0.25) is 9.78 Å². The van der Waals surface area contributed by atoms with Gasteiger partial charge in [0.05, 0.1) is 6.20 Å². The Bertz CT molecular complexity index is 803. The Labute approximate surface area is 126 Å². The van der Waals surface area contributed by atoms with Gasteiger partial charge >= 0.3 is 0 Å². The molecule has 1 N–H and O–H groups in total. The molecule has 1 aromatic carbocycles. The van der Waals surface area contributed by atoms with Crippen LogP contribution in [0.1, 0.15) is 12.5 Å². The Morgan fingerprint density at radius 1 is 1.23 bits per heavy atom. The topological polar surface area (TPSA) is 89.0 Å². The van der Waals surface area contributed by atoms with Crippen LogP contribution in [0.3, 0.4) is 0 Å². The summed E-state index contributed by atoms with van der Waals surface area (Å²) < 4.78 is 38.5. The van der Waals surface area contributed by atoms with E-state index in [1.807, 2.05) is 4.72 Å². The summed E-state index contributed by atoms with van der Waals surface area (Å²) in [5.74, 6) is -1.22. The average molecular weight is 321 g/mol. The zero-order valence-corrected chi connectivity index (χ0v) is 12.3. The monoisotopic (exact) mass is 321 g/mol. The molecule has 1 heterocycles. The predicted octanol–water partition coefficient (Wildman–Crippen LogP) is 1.52. The summed E-state index contributed by atoms with van der Waals surface area (Å²) in [5, 5.41) is -0.351. The van der Waals surface area contributed by atoms with Gasteiger partial charge in [-0.25, -0.2) is 14.1 Å². The van der Waals surface area contributed by atoms with Crippen molar-refractivity contribution >= 4 is 21.5 Å². The van der Waals surface area contributed by atoms with Crippen LogP contribution in [0, 0.1) is 5.82 Å². The molecule has 1 amide bonds. The van der Waals surface area contributed by atoms with Crippen molar-refractivity contribution < 1.29 is 17.6 Å². The number of hydrogen-bond donors (Lipinski definition) is 1. The molecule has 2 rings (SSSR count). The summed E-state index contributed by atoms with van der Waals surface area (Å²) in [6, 6.07) is 5.49. The van der Waals surface area contributed by atoms with E-state index in [1.54, 1.807) is 6.92 Å². The number of aromatic nitrogens is 2. The van der Waals surface area contributed by atoms with Crippen molar-refractivity contribution in [3.63, 3.8) is 0 Å². The molecule has 0 radical (unpaired) electrons. The van der Waals surface area contributed by atoms with Crippen LogP contribution in [-0.2, 0) is 14.8 Å². The maximum atomic E-state index is 12.8. The number of hydrogen-bond acceptors (Lipinski definition) is 5. The fourth-order valence-electron chi connectivity index (χ4n) is 1.63. The molecule has 114 valence electrons. The van der Waals surface area contributed by atoms with Crippen molar-refractivity contribution in [1.82, 2.24) is 14.7 Å². The number of rotatable bonds is 4. The third kappa shape index (κ3) is 3.95. The van der Waals surface area contributed by atoms with E-state index in [1.165, 1.54) is 36.7 Å². The molecule has 2 aromatic rings. The fraction of sp³-hybridized carbons (Fsp3) is 0.0714. The smallest absolute Gasteiger partial charge is 0.269 e. The molecule has 0 saturated heterocycles. The number of carbonyl (C=O) groups excluding carboxylic acids is 1. The lowest BCUT2D eigenvalue weighted by Crippen LogP contribution is -2.29. The molecule has 0 saturated carbocycles. The molecule has 0 atom stereocenters. The highest BCUT2D eigenvalue weighted by atomic mass is 32.2. The maximum Gasteiger partial charge on any atom is 0.283 e. The fourth-order valence-corrected chi connectivity index (χ4v) is 2.46. The first kappa shape index (κ1) is 15.8. The van der Waals surface area contributed by atoms with Gasteiger partial charge in [-0.05, 0) is 30.2 Å².